The largest absolute Gasteiger partial charge is 0.386 e. The van der Waals surface area contributed by atoms with Gasteiger partial charge < -0.3 is 5.73 Å². The molecule has 88 valence electrons. The van der Waals surface area contributed by atoms with Crippen LogP contribution in [-0.2, 0) is 10.0 Å². The zero-order chi connectivity index (χ0) is 12.3. The highest BCUT2D eigenvalue weighted by Gasteiger charge is 2.10. The number of sulfonamides is 1. The molecule has 16 heavy (non-hydrogen) atoms. The Morgan fingerprint density at radius 1 is 1.44 bits per heavy atom. The Morgan fingerprint density at radius 3 is 2.56 bits per heavy atom. The van der Waals surface area contributed by atoms with Gasteiger partial charge in [0.05, 0.1) is 21.5 Å². The predicted octanol–water partition coefficient (Wildman–Crippen LogP) is 1.21. The van der Waals surface area contributed by atoms with E-state index in [-0.39, 0.29) is 27.3 Å². The molecule has 0 saturated carbocycles. The van der Waals surface area contributed by atoms with Crippen LogP contribution in [0.15, 0.2) is 28.1 Å². The molecule has 0 amide bonds. The van der Waals surface area contributed by atoms with E-state index in [4.69, 9.17) is 34.1 Å². The molecule has 0 aliphatic rings. The first-order valence-electron chi connectivity index (χ1n) is 4.06. The van der Waals surface area contributed by atoms with Crippen molar-refractivity contribution in [3.63, 3.8) is 0 Å². The maximum atomic E-state index is 11.1. The summed E-state index contributed by atoms with van der Waals surface area (Å²) in [7, 11) is -3.79. The van der Waals surface area contributed by atoms with Crippen molar-refractivity contribution in [2.24, 2.45) is 15.9 Å². The minimum Gasteiger partial charge on any atom is -0.386 e. The van der Waals surface area contributed by atoms with E-state index in [0.717, 1.165) is 0 Å². The Hall–Kier alpha value is -0.820. The first-order chi connectivity index (χ1) is 7.34. The molecule has 0 atom stereocenters. The molecule has 0 bridgehead atoms. The third-order valence-corrected chi connectivity index (χ3v) is 3.15. The number of primary sulfonamides is 1. The summed E-state index contributed by atoms with van der Waals surface area (Å²) in [5.74, 6) is 0.158. The first kappa shape index (κ1) is 13.2. The van der Waals surface area contributed by atoms with Gasteiger partial charge in [-0.15, -0.1) is 11.6 Å². The van der Waals surface area contributed by atoms with Gasteiger partial charge in [-0.1, -0.05) is 11.6 Å². The summed E-state index contributed by atoms with van der Waals surface area (Å²) in [5.41, 5.74) is 5.63. The molecule has 1 rings (SSSR count). The van der Waals surface area contributed by atoms with Crippen LogP contribution in [0.2, 0.25) is 5.02 Å². The fraction of sp³-hybridized carbons (Fsp3) is 0.125. The quantitative estimate of drug-likeness (QED) is 0.495. The summed E-state index contributed by atoms with van der Waals surface area (Å²) < 4.78 is 22.2. The number of benzene rings is 1. The number of hydrogen-bond acceptors (Lipinski definition) is 3. The van der Waals surface area contributed by atoms with Gasteiger partial charge in [0, 0.05) is 0 Å². The van der Waals surface area contributed by atoms with Crippen molar-refractivity contribution in [2.75, 3.05) is 5.88 Å². The monoisotopic (exact) mass is 281 g/mol. The fourth-order valence-electron chi connectivity index (χ4n) is 0.940. The van der Waals surface area contributed by atoms with Crippen LogP contribution in [0, 0.1) is 0 Å². The molecule has 0 spiro atoms. The highest BCUT2D eigenvalue weighted by atomic mass is 35.5. The minimum absolute atomic E-state index is 0.0237. The number of alkyl halides is 1. The molecule has 4 N–H and O–H groups in total. The van der Waals surface area contributed by atoms with Gasteiger partial charge in [-0.3, -0.25) is 0 Å². The average Bonchev–Trinajstić information content (AvgIpc) is 2.19. The smallest absolute Gasteiger partial charge is 0.238 e. The number of nitrogens with zero attached hydrogens (tertiary/aromatic N) is 1. The number of nitrogens with two attached hydrogens (primary N) is 2. The molecular weight excluding hydrogens is 273 g/mol. The summed E-state index contributed by atoms with van der Waals surface area (Å²) in [4.78, 5) is 3.78. The lowest BCUT2D eigenvalue weighted by molar-refractivity contribution is 0.598. The Morgan fingerprint density at radius 2 is 2.06 bits per heavy atom. The lowest BCUT2D eigenvalue weighted by atomic mass is 10.3. The Bertz CT molecular complexity index is 528. The van der Waals surface area contributed by atoms with Crippen molar-refractivity contribution < 1.29 is 8.42 Å². The molecule has 5 nitrogen and oxygen atoms in total. The van der Waals surface area contributed by atoms with Crippen LogP contribution in [0.25, 0.3) is 0 Å². The van der Waals surface area contributed by atoms with Crippen LogP contribution in [0.3, 0.4) is 0 Å². The van der Waals surface area contributed by atoms with E-state index >= 15 is 0 Å². The van der Waals surface area contributed by atoms with Crippen molar-refractivity contribution in [2.45, 2.75) is 4.90 Å². The van der Waals surface area contributed by atoms with Crippen LogP contribution in [0.4, 0.5) is 5.69 Å². The second kappa shape index (κ2) is 5.01. The minimum atomic E-state index is -3.79. The lowest BCUT2D eigenvalue weighted by Crippen LogP contribution is -2.13. The molecule has 0 unspecified atom stereocenters. The summed E-state index contributed by atoms with van der Waals surface area (Å²) in [6.45, 7) is 0. The van der Waals surface area contributed by atoms with Crippen LogP contribution in [0.5, 0.6) is 0 Å². The number of rotatable bonds is 3. The third kappa shape index (κ3) is 3.34. The van der Waals surface area contributed by atoms with Gasteiger partial charge in [-0.05, 0) is 18.2 Å². The normalized spacial score (nSPS) is 12.8. The van der Waals surface area contributed by atoms with Crippen LogP contribution < -0.4 is 10.9 Å². The molecule has 1 aromatic carbocycles. The molecule has 0 aliphatic heterocycles. The summed E-state index contributed by atoms with van der Waals surface area (Å²) in [6, 6.07) is 3.90. The lowest BCUT2D eigenvalue weighted by Gasteiger charge is -2.03. The Labute approximate surface area is 103 Å². The SMILES string of the molecule is NC(CCl)=Nc1cc(S(N)(=O)=O)ccc1Cl. The average molecular weight is 282 g/mol. The predicted molar refractivity (Wildman–Crippen MR) is 64.8 cm³/mol. The summed E-state index contributed by atoms with van der Waals surface area (Å²) in [5, 5.41) is 5.23. The topological polar surface area (TPSA) is 98.5 Å². The van der Waals surface area contributed by atoms with E-state index in [1.807, 2.05) is 0 Å². The third-order valence-electron chi connectivity index (χ3n) is 1.65. The first-order valence-corrected chi connectivity index (χ1v) is 6.52. The number of hydrogen-bond donors (Lipinski definition) is 2. The summed E-state index contributed by atoms with van der Waals surface area (Å²) in [6.07, 6.45) is 0. The molecule has 0 fully saturated rings. The second-order valence-corrected chi connectivity index (χ2v) is 5.13. The van der Waals surface area contributed by atoms with Crippen molar-refractivity contribution >= 4 is 44.7 Å². The van der Waals surface area contributed by atoms with Gasteiger partial charge in [-0.25, -0.2) is 18.5 Å². The number of amidine groups is 1. The van der Waals surface area contributed by atoms with Crippen molar-refractivity contribution in [3.8, 4) is 0 Å². The van der Waals surface area contributed by atoms with Gasteiger partial charge in [-0.2, -0.15) is 0 Å². The second-order valence-electron chi connectivity index (χ2n) is 2.89. The highest BCUT2D eigenvalue weighted by Crippen LogP contribution is 2.27. The molecule has 0 radical (unpaired) electrons. The van der Waals surface area contributed by atoms with E-state index in [9.17, 15) is 8.42 Å². The molecular formula is C8H9Cl2N3O2S. The molecule has 8 heteroatoms. The molecule has 1 aromatic rings. The Balaban J connectivity index is 3.30. The van der Waals surface area contributed by atoms with Gasteiger partial charge in [0.1, 0.15) is 5.84 Å². The zero-order valence-electron chi connectivity index (χ0n) is 8.02. The highest BCUT2D eigenvalue weighted by molar-refractivity contribution is 7.89. The van der Waals surface area contributed by atoms with Gasteiger partial charge in [0.15, 0.2) is 0 Å². The van der Waals surface area contributed by atoms with Crippen LogP contribution >= 0.6 is 23.2 Å². The number of aliphatic imine (C=N–C) groups is 1. The van der Waals surface area contributed by atoms with Crippen molar-refractivity contribution in [1.29, 1.82) is 0 Å². The van der Waals surface area contributed by atoms with Gasteiger partial charge >= 0.3 is 0 Å². The van der Waals surface area contributed by atoms with E-state index in [2.05, 4.69) is 4.99 Å². The van der Waals surface area contributed by atoms with Gasteiger partial charge in [0.2, 0.25) is 10.0 Å². The van der Waals surface area contributed by atoms with Crippen molar-refractivity contribution in [3.05, 3.63) is 23.2 Å². The van der Waals surface area contributed by atoms with E-state index in [1.54, 1.807) is 0 Å². The zero-order valence-corrected chi connectivity index (χ0v) is 10.4. The van der Waals surface area contributed by atoms with Crippen molar-refractivity contribution in [1.82, 2.24) is 0 Å². The summed E-state index contributed by atoms with van der Waals surface area (Å²) >= 11 is 11.2. The van der Waals surface area contributed by atoms with Crippen LogP contribution in [-0.4, -0.2) is 20.1 Å². The van der Waals surface area contributed by atoms with E-state index < -0.39 is 10.0 Å². The van der Waals surface area contributed by atoms with E-state index in [1.165, 1.54) is 18.2 Å². The maximum absolute atomic E-state index is 11.1. The van der Waals surface area contributed by atoms with Gasteiger partial charge in [0.25, 0.3) is 0 Å². The molecule has 0 heterocycles. The molecule has 0 aromatic heterocycles. The van der Waals surface area contributed by atoms with E-state index in [0.29, 0.717) is 0 Å². The van der Waals surface area contributed by atoms with Crippen LogP contribution in [0.1, 0.15) is 0 Å². The molecule has 0 aliphatic carbocycles. The molecule has 0 saturated heterocycles. The fourth-order valence-corrected chi connectivity index (χ4v) is 1.69. The Kier molecular flexibility index (Phi) is 4.15. The number of halogens is 2. The standard InChI is InChI=1S/C8H9Cl2N3O2S/c9-4-8(11)13-7-3-5(16(12,14)15)1-2-6(7)10/h1-3H,4H2,(H2,11,13)(H2,12,14,15). The maximum Gasteiger partial charge on any atom is 0.238 e.